The van der Waals surface area contributed by atoms with Crippen molar-refractivity contribution in [3.05, 3.63) is 35.1 Å². The predicted octanol–water partition coefficient (Wildman–Crippen LogP) is 1.81. The van der Waals surface area contributed by atoms with E-state index >= 15 is 0 Å². The molecule has 0 spiro atoms. The second-order valence-corrected chi connectivity index (χ2v) is 5.41. The Bertz CT molecular complexity index is 467. The van der Waals surface area contributed by atoms with Crippen LogP contribution in [0.5, 0.6) is 0 Å². The maximum Gasteiger partial charge on any atom is 0.123 e. The van der Waals surface area contributed by atoms with Gasteiger partial charge in [0.2, 0.25) is 0 Å². The molecule has 104 valence electrons. The Labute approximate surface area is 118 Å². The molecule has 1 aromatic carbocycles. The average molecular weight is 282 g/mol. The number of likely N-dealkylation sites (tertiary alicyclic amines) is 1. The van der Waals surface area contributed by atoms with Crippen molar-refractivity contribution in [3.63, 3.8) is 0 Å². The van der Waals surface area contributed by atoms with Gasteiger partial charge in [0.05, 0.1) is 6.61 Å². The van der Waals surface area contributed by atoms with E-state index in [0.29, 0.717) is 6.54 Å². The third-order valence-corrected chi connectivity index (χ3v) is 3.89. The standard InChI is InChI=1S/C14H19FN2OS/c15-11-4-5-13(14(16)19)10(7-11)8-17-6-2-1-3-12(17)9-18/h4-5,7,12,18H,1-3,6,8-9H2,(H2,16,19). The molecule has 0 amide bonds. The second kappa shape index (κ2) is 6.41. The van der Waals surface area contributed by atoms with Crippen LogP contribution in [0.2, 0.25) is 0 Å². The van der Waals surface area contributed by atoms with E-state index in [1.807, 2.05) is 0 Å². The first-order valence-electron chi connectivity index (χ1n) is 6.55. The first-order chi connectivity index (χ1) is 9.11. The van der Waals surface area contributed by atoms with Gasteiger partial charge in [0.1, 0.15) is 10.8 Å². The Morgan fingerprint density at radius 1 is 1.47 bits per heavy atom. The lowest BCUT2D eigenvalue weighted by molar-refractivity contribution is 0.0840. The van der Waals surface area contributed by atoms with Gasteiger partial charge in [-0.25, -0.2) is 4.39 Å². The largest absolute Gasteiger partial charge is 0.395 e. The number of nitrogens with two attached hydrogens (primary N) is 1. The van der Waals surface area contributed by atoms with Crippen LogP contribution in [0.15, 0.2) is 18.2 Å². The van der Waals surface area contributed by atoms with E-state index in [1.165, 1.54) is 12.1 Å². The van der Waals surface area contributed by atoms with Crippen LogP contribution in [0, 0.1) is 5.82 Å². The van der Waals surface area contributed by atoms with Gasteiger partial charge >= 0.3 is 0 Å². The quantitative estimate of drug-likeness (QED) is 0.827. The average Bonchev–Trinajstić information content (AvgIpc) is 2.39. The highest BCUT2D eigenvalue weighted by atomic mass is 32.1. The lowest BCUT2D eigenvalue weighted by Crippen LogP contribution is -2.41. The van der Waals surface area contributed by atoms with Gasteiger partial charge in [-0.05, 0) is 43.1 Å². The van der Waals surface area contributed by atoms with Gasteiger partial charge in [-0.2, -0.15) is 0 Å². The Kier molecular flexibility index (Phi) is 4.85. The molecule has 1 unspecified atom stereocenters. The number of rotatable bonds is 4. The number of halogens is 1. The maximum absolute atomic E-state index is 13.4. The SMILES string of the molecule is NC(=S)c1ccc(F)cc1CN1CCCCC1CO. The molecule has 1 atom stereocenters. The minimum Gasteiger partial charge on any atom is -0.395 e. The predicted molar refractivity (Wildman–Crippen MR) is 77.4 cm³/mol. The van der Waals surface area contributed by atoms with E-state index in [-0.39, 0.29) is 23.5 Å². The van der Waals surface area contributed by atoms with E-state index in [9.17, 15) is 9.50 Å². The number of benzene rings is 1. The van der Waals surface area contributed by atoms with Crippen molar-refractivity contribution < 1.29 is 9.50 Å². The molecule has 1 aliphatic rings. The van der Waals surface area contributed by atoms with Crippen molar-refractivity contribution >= 4 is 17.2 Å². The summed E-state index contributed by atoms with van der Waals surface area (Å²) >= 11 is 5.01. The first kappa shape index (κ1) is 14.4. The third kappa shape index (κ3) is 3.49. The fraction of sp³-hybridized carbons (Fsp3) is 0.500. The number of thiocarbonyl (C=S) groups is 1. The molecule has 19 heavy (non-hydrogen) atoms. The van der Waals surface area contributed by atoms with Gasteiger partial charge in [0.15, 0.2) is 0 Å². The molecule has 1 saturated heterocycles. The third-order valence-electron chi connectivity index (χ3n) is 3.67. The fourth-order valence-corrected chi connectivity index (χ4v) is 2.83. The lowest BCUT2D eigenvalue weighted by Gasteiger charge is -2.35. The summed E-state index contributed by atoms with van der Waals surface area (Å²) in [6.45, 7) is 1.63. The van der Waals surface area contributed by atoms with Crippen LogP contribution in [-0.4, -0.2) is 34.2 Å². The van der Waals surface area contributed by atoms with Crippen LogP contribution in [-0.2, 0) is 6.54 Å². The summed E-state index contributed by atoms with van der Waals surface area (Å²) in [4.78, 5) is 2.47. The van der Waals surface area contributed by atoms with Gasteiger partial charge in [-0.1, -0.05) is 18.6 Å². The van der Waals surface area contributed by atoms with E-state index in [1.54, 1.807) is 6.07 Å². The fourth-order valence-electron chi connectivity index (χ4n) is 2.63. The molecule has 0 aromatic heterocycles. The zero-order chi connectivity index (χ0) is 13.8. The van der Waals surface area contributed by atoms with Crippen molar-refractivity contribution in [2.45, 2.75) is 31.8 Å². The van der Waals surface area contributed by atoms with Gasteiger partial charge < -0.3 is 10.8 Å². The van der Waals surface area contributed by atoms with E-state index in [0.717, 1.165) is 36.9 Å². The van der Waals surface area contributed by atoms with Crippen LogP contribution in [0.25, 0.3) is 0 Å². The summed E-state index contributed by atoms with van der Waals surface area (Å²) in [5, 5.41) is 9.41. The number of aliphatic hydroxyl groups excluding tert-OH is 1. The van der Waals surface area contributed by atoms with Crippen LogP contribution < -0.4 is 5.73 Å². The zero-order valence-electron chi connectivity index (χ0n) is 10.8. The number of hydrogen-bond donors (Lipinski definition) is 2. The van der Waals surface area contributed by atoms with Crippen LogP contribution >= 0.6 is 12.2 Å². The molecule has 2 rings (SSSR count). The van der Waals surface area contributed by atoms with Gasteiger partial charge in [-0.15, -0.1) is 0 Å². The molecule has 0 saturated carbocycles. The van der Waals surface area contributed by atoms with E-state index in [4.69, 9.17) is 18.0 Å². The Morgan fingerprint density at radius 2 is 2.26 bits per heavy atom. The van der Waals surface area contributed by atoms with Crippen LogP contribution in [0.4, 0.5) is 4.39 Å². The summed E-state index contributed by atoms with van der Waals surface area (Å²) in [6.07, 6.45) is 3.22. The smallest absolute Gasteiger partial charge is 0.123 e. The Balaban J connectivity index is 2.21. The molecule has 1 fully saturated rings. The van der Waals surface area contributed by atoms with Crippen LogP contribution in [0.3, 0.4) is 0 Å². The molecule has 3 N–H and O–H groups in total. The molecule has 0 bridgehead atoms. The van der Waals surface area contributed by atoms with Crippen LogP contribution in [0.1, 0.15) is 30.4 Å². The molecule has 1 aromatic rings. The molecule has 0 radical (unpaired) electrons. The molecule has 0 aliphatic carbocycles. The van der Waals surface area contributed by atoms with E-state index < -0.39 is 0 Å². The lowest BCUT2D eigenvalue weighted by atomic mass is 10.00. The zero-order valence-corrected chi connectivity index (χ0v) is 11.6. The van der Waals surface area contributed by atoms with Crippen molar-refractivity contribution in [3.8, 4) is 0 Å². The highest BCUT2D eigenvalue weighted by Gasteiger charge is 2.22. The highest BCUT2D eigenvalue weighted by Crippen LogP contribution is 2.21. The summed E-state index contributed by atoms with van der Waals surface area (Å²) < 4.78 is 13.4. The molecular formula is C14H19FN2OS. The summed E-state index contributed by atoms with van der Waals surface area (Å²) in [5.74, 6) is -0.285. The van der Waals surface area contributed by atoms with Crippen molar-refractivity contribution in [1.29, 1.82) is 0 Å². The minimum atomic E-state index is -0.285. The summed E-state index contributed by atoms with van der Waals surface area (Å²) in [5.41, 5.74) is 7.20. The van der Waals surface area contributed by atoms with Gasteiger partial charge in [0.25, 0.3) is 0 Å². The monoisotopic (exact) mass is 282 g/mol. The highest BCUT2D eigenvalue weighted by molar-refractivity contribution is 7.80. The molecular weight excluding hydrogens is 263 g/mol. The molecule has 3 nitrogen and oxygen atoms in total. The van der Waals surface area contributed by atoms with E-state index in [2.05, 4.69) is 4.90 Å². The van der Waals surface area contributed by atoms with Crippen molar-refractivity contribution in [2.24, 2.45) is 5.73 Å². The molecule has 5 heteroatoms. The normalized spacial score (nSPS) is 20.4. The number of hydrogen-bond acceptors (Lipinski definition) is 3. The maximum atomic E-state index is 13.4. The topological polar surface area (TPSA) is 49.5 Å². The number of nitrogens with zero attached hydrogens (tertiary/aromatic N) is 1. The van der Waals surface area contributed by atoms with Gasteiger partial charge in [0, 0.05) is 18.2 Å². The van der Waals surface area contributed by atoms with Crippen molar-refractivity contribution in [2.75, 3.05) is 13.2 Å². The Morgan fingerprint density at radius 3 is 2.95 bits per heavy atom. The summed E-state index contributed by atoms with van der Waals surface area (Å²) in [7, 11) is 0. The van der Waals surface area contributed by atoms with Gasteiger partial charge in [-0.3, -0.25) is 4.90 Å². The minimum absolute atomic E-state index is 0.137. The second-order valence-electron chi connectivity index (χ2n) is 4.97. The molecule has 1 heterocycles. The molecule has 1 aliphatic heterocycles. The first-order valence-corrected chi connectivity index (χ1v) is 6.95. The number of piperidine rings is 1. The number of aliphatic hydroxyl groups is 1. The summed E-state index contributed by atoms with van der Waals surface area (Å²) in [6, 6.07) is 4.64. The Hall–Kier alpha value is -1.04. The van der Waals surface area contributed by atoms with Crippen molar-refractivity contribution in [1.82, 2.24) is 4.90 Å².